The molecule has 0 saturated heterocycles. The number of nitrogen functional groups attached to an aromatic ring is 1. The van der Waals surface area contributed by atoms with Crippen LogP contribution in [0.25, 0.3) is 11.1 Å². The van der Waals surface area contributed by atoms with E-state index in [0.717, 1.165) is 5.56 Å². The molecular weight excluding hydrogens is 476 g/mol. The molecule has 0 saturated carbocycles. The SMILES string of the molecule is N=C(N)c1cccc(OC(C(=O)N2c3c(-c4ccccc4)ccc(S(N)(=O)=O)c32)c2ccccc2)c1. The van der Waals surface area contributed by atoms with Crippen molar-refractivity contribution in [2.75, 3.05) is 4.90 Å². The van der Waals surface area contributed by atoms with E-state index in [1.165, 1.54) is 11.0 Å². The highest BCUT2D eigenvalue weighted by Gasteiger charge is 2.46. The van der Waals surface area contributed by atoms with Crippen molar-refractivity contribution in [1.82, 2.24) is 0 Å². The third-order valence-corrected chi connectivity index (χ3v) is 6.79. The summed E-state index contributed by atoms with van der Waals surface area (Å²) in [6.07, 6.45) is -1.10. The predicted octanol–water partition coefficient (Wildman–Crippen LogP) is 4.08. The van der Waals surface area contributed by atoms with Gasteiger partial charge in [0.05, 0.1) is 11.4 Å². The van der Waals surface area contributed by atoms with E-state index < -0.39 is 22.0 Å². The molecular formula is C27H22N4O4S. The summed E-state index contributed by atoms with van der Waals surface area (Å²) >= 11 is 0. The van der Waals surface area contributed by atoms with Crippen LogP contribution in [0.5, 0.6) is 5.75 Å². The van der Waals surface area contributed by atoms with Crippen molar-refractivity contribution >= 4 is 33.1 Å². The van der Waals surface area contributed by atoms with Gasteiger partial charge in [-0.15, -0.1) is 0 Å². The van der Waals surface area contributed by atoms with E-state index in [-0.39, 0.29) is 16.4 Å². The maximum atomic E-state index is 13.9. The van der Waals surface area contributed by atoms with Gasteiger partial charge >= 0.3 is 0 Å². The van der Waals surface area contributed by atoms with Crippen LogP contribution >= 0.6 is 0 Å². The molecule has 4 aromatic carbocycles. The topological polar surface area (TPSA) is 139 Å². The summed E-state index contributed by atoms with van der Waals surface area (Å²) < 4.78 is 30.8. The first-order valence-corrected chi connectivity index (χ1v) is 12.6. The number of carbonyl (C=O) groups excluding carboxylic acids is 1. The number of anilines is 2. The number of amidine groups is 1. The molecule has 36 heavy (non-hydrogen) atoms. The zero-order valence-corrected chi connectivity index (χ0v) is 19.8. The highest BCUT2D eigenvalue weighted by Crippen LogP contribution is 2.58. The quantitative estimate of drug-likeness (QED) is 0.200. The molecule has 0 aliphatic carbocycles. The summed E-state index contributed by atoms with van der Waals surface area (Å²) in [5.41, 5.74) is 8.89. The number of hydrogen-bond donors (Lipinski definition) is 3. The van der Waals surface area contributed by atoms with Gasteiger partial charge in [-0.3, -0.25) is 15.1 Å². The summed E-state index contributed by atoms with van der Waals surface area (Å²) in [7, 11) is -4.08. The molecule has 0 bridgehead atoms. The van der Waals surface area contributed by atoms with Crippen molar-refractivity contribution < 1.29 is 17.9 Å². The van der Waals surface area contributed by atoms with Gasteiger partial charge in [-0.2, -0.15) is 0 Å². The van der Waals surface area contributed by atoms with Crippen molar-refractivity contribution in [3.05, 3.63) is 108 Å². The molecule has 4 aromatic rings. The number of hydrogen-bond acceptors (Lipinski definition) is 5. The second kappa shape index (κ2) is 8.95. The molecule has 1 aliphatic heterocycles. The van der Waals surface area contributed by atoms with Gasteiger partial charge in [0.1, 0.15) is 16.5 Å². The van der Waals surface area contributed by atoms with Crippen LogP contribution in [0.2, 0.25) is 0 Å². The van der Waals surface area contributed by atoms with Crippen LogP contribution in [-0.4, -0.2) is 20.2 Å². The van der Waals surface area contributed by atoms with Crippen LogP contribution in [-0.2, 0) is 14.8 Å². The Kier molecular flexibility index (Phi) is 5.79. The lowest BCUT2D eigenvalue weighted by atomic mass is 10.1. The molecule has 1 atom stereocenters. The Morgan fingerprint density at radius 1 is 0.861 bits per heavy atom. The van der Waals surface area contributed by atoms with Crippen molar-refractivity contribution in [2.24, 2.45) is 10.9 Å². The second-order valence-corrected chi connectivity index (χ2v) is 9.77. The van der Waals surface area contributed by atoms with Gasteiger partial charge in [-0.1, -0.05) is 78.9 Å². The zero-order valence-electron chi connectivity index (χ0n) is 19.0. The first-order chi connectivity index (χ1) is 17.3. The molecule has 1 heterocycles. The Morgan fingerprint density at radius 3 is 2.17 bits per heavy atom. The standard InChI is InChI=1S/C27H22N4O4S/c28-26(29)19-12-7-13-20(16-19)35-25(18-10-5-2-6-11-18)27(32)31-23-21(17-8-3-1-4-9-17)14-15-22(24(23)31)36(30,33)34/h1-16,25H,(H3,28,29)(H2,30,33,34). The summed E-state index contributed by atoms with van der Waals surface area (Å²) in [5.74, 6) is -0.268. The monoisotopic (exact) mass is 498 g/mol. The predicted molar refractivity (Wildman–Crippen MR) is 138 cm³/mol. The zero-order chi connectivity index (χ0) is 25.4. The molecule has 0 fully saturated rings. The number of ether oxygens (including phenoxy) is 1. The van der Waals surface area contributed by atoms with Crippen molar-refractivity contribution in [2.45, 2.75) is 11.0 Å². The van der Waals surface area contributed by atoms with E-state index in [1.807, 2.05) is 36.4 Å². The summed E-state index contributed by atoms with van der Waals surface area (Å²) in [4.78, 5) is 15.2. The summed E-state index contributed by atoms with van der Waals surface area (Å²) in [5, 5.41) is 13.2. The van der Waals surface area contributed by atoms with E-state index >= 15 is 0 Å². The number of primary sulfonamides is 1. The smallest absolute Gasteiger partial charge is 0.277 e. The minimum absolute atomic E-state index is 0.129. The van der Waals surface area contributed by atoms with Crippen LogP contribution in [0, 0.1) is 5.41 Å². The van der Waals surface area contributed by atoms with Crippen LogP contribution in [0.1, 0.15) is 17.2 Å². The average molecular weight is 499 g/mol. The van der Waals surface area contributed by atoms with Gasteiger partial charge in [-0.05, 0) is 23.8 Å². The third-order valence-electron chi connectivity index (χ3n) is 5.85. The Bertz CT molecular complexity index is 1590. The third kappa shape index (κ3) is 4.33. The molecule has 1 aliphatic rings. The second-order valence-electron chi connectivity index (χ2n) is 8.24. The van der Waals surface area contributed by atoms with E-state index in [1.54, 1.807) is 54.6 Å². The van der Waals surface area contributed by atoms with Crippen LogP contribution in [0.3, 0.4) is 0 Å². The van der Waals surface area contributed by atoms with Crippen molar-refractivity contribution in [1.29, 1.82) is 5.41 Å². The minimum Gasteiger partial charge on any atom is -0.476 e. The van der Waals surface area contributed by atoms with Crippen LogP contribution in [0.15, 0.2) is 102 Å². The number of sulfonamides is 1. The van der Waals surface area contributed by atoms with Gasteiger partial charge in [0, 0.05) is 16.7 Å². The molecule has 5 N–H and O–H groups in total. The number of benzene rings is 4. The number of carbonyl (C=O) groups is 1. The molecule has 1 unspecified atom stereocenters. The fraction of sp³-hybridized carbons (Fsp3) is 0.0370. The van der Waals surface area contributed by atoms with Crippen LogP contribution < -0.4 is 20.5 Å². The lowest BCUT2D eigenvalue weighted by Gasteiger charge is -2.20. The van der Waals surface area contributed by atoms with Gasteiger partial charge in [0.15, 0.2) is 0 Å². The number of rotatable bonds is 7. The van der Waals surface area contributed by atoms with Gasteiger partial charge in [0.2, 0.25) is 16.1 Å². The summed E-state index contributed by atoms with van der Waals surface area (Å²) in [6, 6.07) is 27.9. The molecule has 0 spiro atoms. The molecule has 5 rings (SSSR count). The van der Waals surface area contributed by atoms with E-state index in [9.17, 15) is 13.2 Å². The number of nitrogens with zero attached hydrogens (tertiary/aromatic N) is 1. The fourth-order valence-corrected chi connectivity index (χ4v) is 4.85. The molecule has 0 radical (unpaired) electrons. The summed E-state index contributed by atoms with van der Waals surface area (Å²) in [6.45, 7) is 0. The lowest BCUT2D eigenvalue weighted by Crippen LogP contribution is -2.27. The lowest BCUT2D eigenvalue weighted by molar-refractivity contribution is -0.124. The van der Waals surface area contributed by atoms with Gasteiger partial charge in [0.25, 0.3) is 5.91 Å². The molecule has 180 valence electrons. The minimum atomic E-state index is -4.08. The number of nitrogens with one attached hydrogen (secondary N) is 1. The average Bonchev–Trinajstić information content (AvgIpc) is 3.62. The molecule has 9 heteroatoms. The van der Waals surface area contributed by atoms with Gasteiger partial charge in [-0.25, -0.2) is 13.6 Å². The first-order valence-electron chi connectivity index (χ1n) is 11.0. The van der Waals surface area contributed by atoms with E-state index in [4.69, 9.17) is 21.0 Å². The highest BCUT2D eigenvalue weighted by molar-refractivity contribution is 7.89. The number of nitrogens with two attached hydrogens (primary N) is 2. The maximum Gasteiger partial charge on any atom is 0.277 e. The van der Waals surface area contributed by atoms with Crippen molar-refractivity contribution in [3.8, 4) is 16.9 Å². The number of amides is 1. The maximum absolute atomic E-state index is 13.9. The molecule has 8 nitrogen and oxygen atoms in total. The fourth-order valence-electron chi connectivity index (χ4n) is 4.14. The highest BCUT2D eigenvalue weighted by atomic mass is 32.2. The Labute approximate surface area is 208 Å². The first kappa shape index (κ1) is 23.3. The molecule has 0 aromatic heterocycles. The van der Waals surface area contributed by atoms with E-state index in [0.29, 0.717) is 28.1 Å². The van der Waals surface area contributed by atoms with Crippen LogP contribution in [0.4, 0.5) is 11.4 Å². The normalized spacial score (nSPS) is 13.0. The van der Waals surface area contributed by atoms with Gasteiger partial charge < -0.3 is 10.5 Å². The van der Waals surface area contributed by atoms with Crippen molar-refractivity contribution in [3.63, 3.8) is 0 Å². The Morgan fingerprint density at radius 2 is 1.53 bits per heavy atom. The molecule has 1 amide bonds. The van der Waals surface area contributed by atoms with E-state index in [2.05, 4.69) is 0 Å². The Hall–Kier alpha value is -4.47. The Balaban J connectivity index is 1.58. The largest absolute Gasteiger partial charge is 0.476 e. The number of fused-ring (bicyclic) bond motifs is 1.